The molecule has 0 spiro atoms. The number of carbonyl (C=O) groups excluding carboxylic acids is 1. The van der Waals surface area contributed by atoms with Crippen molar-refractivity contribution < 1.29 is 4.79 Å². The molecule has 1 aromatic carbocycles. The van der Waals surface area contributed by atoms with Gasteiger partial charge >= 0.3 is 0 Å². The van der Waals surface area contributed by atoms with E-state index in [0.717, 1.165) is 25.3 Å². The molecule has 0 saturated heterocycles. The lowest BCUT2D eigenvalue weighted by molar-refractivity contribution is 0.0958. The van der Waals surface area contributed by atoms with Crippen molar-refractivity contribution >= 4 is 60.7 Å². The minimum absolute atomic E-state index is 0.0506. The molecule has 0 aliphatic rings. The zero-order valence-electron chi connectivity index (χ0n) is 9.75. The summed E-state index contributed by atoms with van der Waals surface area (Å²) >= 11 is 14.0. The average Bonchev–Trinajstić information content (AvgIpc) is 2.72. The predicted octanol–water partition coefficient (Wildman–Crippen LogP) is 4.90. The molecular weight excluding hydrogens is 413 g/mol. The SMILES string of the molecule is O=C(NCCc1ccc(Cl)cc1)c1cc(Br)c(Br)s1. The van der Waals surface area contributed by atoms with Crippen LogP contribution in [0, 0.1) is 0 Å². The first kappa shape index (κ1) is 15.0. The van der Waals surface area contributed by atoms with Crippen LogP contribution in [0.2, 0.25) is 5.02 Å². The zero-order valence-corrected chi connectivity index (χ0v) is 14.5. The average molecular weight is 424 g/mol. The molecule has 1 aromatic heterocycles. The Kier molecular flexibility index (Phi) is 5.45. The molecule has 2 aromatic rings. The van der Waals surface area contributed by atoms with Crippen LogP contribution in [0.5, 0.6) is 0 Å². The summed E-state index contributed by atoms with van der Waals surface area (Å²) in [6, 6.07) is 9.45. The Morgan fingerprint density at radius 3 is 2.53 bits per heavy atom. The lowest BCUT2D eigenvalue weighted by Crippen LogP contribution is -2.24. The number of benzene rings is 1. The van der Waals surface area contributed by atoms with E-state index in [1.807, 2.05) is 30.3 Å². The van der Waals surface area contributed by atoms with E-state index in [1.165, 1.54) is 11.3 Å². The summed E-state index contributed by atoms with van der Waals surface area (Å²) in [5.41, 5.74) is 1.15. The van der Waals surface area contributed by atoms with Gasteiger partial charge in [0.05, 0.1) is 8.66 Å². The molecule has 1 amide bonds. The van der Waals surface area contributed by atoms with Crippen molar-refractivity contribution in [2.24, 2.45) is 0 Å². The second kappa shape index (κ2) is 6.88. The van der Waals surface area contributed by atoms with Gasteiger partial charge in [-0.05, 0) is 62.0 Å². The molecule has 0 bridgehead atoms. The summed E-state index contributed by atoms with van der Waals surface area (Å²) in [6.45, 7) is 0.605. The van der Waals surface area contributed by atoms with Gasteiger partial charge in [-0.15, -0.1) is 11.3 Å². The molecular formula is C13H10Br2ClNOS. The molecule has 0 saturated carbocycles. The van der Waals surface area contributed by atoms with Crippen LogP contribution in [-0.2, 0) is 6.42 Å². The van der Waals surface area contributed by atoms with Crippen LogP contribution in [-0.4, -0.2) is 12.5 Å². The standard InChI is InChI=1S/C13H10Br2ClNOS/c14-10-7-11(19-12(10)15)13(18)17-6-5-8-1-3-9(16)4-2-8/h1-4,7H,5-6H2,(H,17,18). The fraction of sp³-hybridized carbons (Fsp3) is 0.154. The number of halogens is 3. The van der Waals surface area contributed by atoms with Gasteiger partial charge in [-0.2, -0.15) is 0 Å². The second-order valence-electron chi connectivity index (χ2n) is 3.86. The lowest BCUT2D eigenvalue weighted by Gasteiger charge is -2.04. The summed E-state index contributed by atoms with van der Waals surface area (Å²) < 4.78 is 1.83. The molecule has 0 unspecified atom stereocenters. The molecule has 6 heteroatoms. The van der Waals surface area contributed by atoms with E-state index < -0.39 is 0 Å². The second-order valence-corrected chi connectivity index (χ2v) is 7.53. The molecule has 19 heavy (non-hydrogen) atoms. The van der Waals surface area contributed by atoms with Gasteiger partial charge < -0.3 is 5.32 Å². The fourth-order valence-electron chi connectivity index (χ4n) is 1.52. The summed E-state index contributed by atoms with van der Waals surface area (Å²) in [7, 11) is 0. The van der Waals surface area contributed by atoms with E-state index in [0.29, 0.717) is 11.4 Å². The van der Waals surface area contributed by atoms with Crippen LogP contribution in [0.15, 0.2) is 38.6 Å². The molecule has 1 N–H and O–H groups in total. The molecule has 0 atom stereocenters. The van der Waals surface area contributed by atoms with Crippen molar-refractivity contribution in [3.63, 3.8) is 0 Å². The van der Waals surface area contributed by atoms with Crippen LogP contribution in [0.4, 0.5) is 0 Å². The predicted molar refractivity (Wildman–Crippen MR) is 87.2 cm³/mol. The van der Waals surface area contributed by atoms with Crippen molar-refractivity contribution in [3.05, 3.63) is 54.1 Å². The molecule has 2 nitrogen and oxygen atoms in total. The van der Waals surface area contributed by atoms with Crippen molar-refractivity contribution in [1.29, 1.82) is 0 Å². The van der Waals surface area contributed by atoms with Crippen molar-refractivity contribution in [1.82, 2.24) is 5.32 Å². The Bertz CT molecular complexity index is 563. The Morgan fingerprint density at radius 2 is 1.95 bits per heavy atom. The van der Waals surface area contributed by atoms with E-state index in [4.69, 9.17) is 11.6 Å². The number of amides is 1. The van der Waals surface area contributed by atoms with Crippen molar-refractivity contribution in [2.45, 2.75) is 6.42 Å². The number of hydrogen-bond donors (Lipinski definition) is 1. The Balaban J connectivity index is 1.85. The number of nitrogens with one attached hydrogen (secondary N) is 1. The third-order valence-corrected chi connectivity index (χ3v) is 5.99. The molecule has 100 valence electrons. The van der Waals surface area contributed by atoms with Gasteiger partial charge in [-0.25, -0.2) is 0 Å². The molecule has 0 radical (unpaired) electrons. The quantitative estimate of drug-likeness (QED) is 0.745. The van der Waals surface area contributed by atoms with E-state index in [2.05, 4.69) is 37.2 Å². The van der Waals surface area contributed by atoms with Crippen molar-refractivity contribution in [3.8, 4) is 0 Å². The Hall–Kier alpha value is -0.360. The van der Waals surface area contributed by atoms with Crippen LogP contribution in [0.1, 0.15) is 15.2 Å². The maximum absolute atomic E-state index is 11.9. The first-order chi connectivity index (χ1) is 9.06. The third-order valence-electron chi connectivity index (χ3n) is 2.48. The highest BCUT2D eigenvalue weighted by molar-refractivity contribution is 9.13. The minimum Gasteiger partial charge on any atom is -0.351 e. The number of thiophene rings is 1. The van der Waals surface area contributed by atoms with Crippen LogP contribution in [0.25, 0.3) is 0 Å². The topological polar surface area (TPSA) is 29.1 Å². The van der Waals surface area contributed by atoms with Crippen LogP contribution < -0.4 is 5.32 Å². The van der Waals surface area contributed by atoms with Gasteiger partial charge in [-0.1, -0.05) is 23.7 Å². The highest BCUT2D eigenvalue weighted by atomic mass is 79.9. The highest BCUT2D eigenvalue weighted by Gasteiger charge is 2.11. The number of rotatable bonds is 4. The van der Waals surface area contributed by atoms with E-state index >= 15 is 0 Å². The van der Waals surface area contributed by atoms with Gasteiger partial charge in [0.1, 0.15) is 0 Å². The smallest absolute Gasteiger partial charge is 0.261 e. The third kappa shape index (κ3) is 4.31. The maximum atomic E-state index is 11.9. The first-order valence-electron chi connectivity index (χ1n) is 5.54. The van der Waals surface area contributed by atoms with Gasteiger partial charge in [0, 0.05) is 16.0 Å². The van der Waals surface area contributed by atoms with Crippen LogP contribution in [0.3, 0.4) is 0 Å². The zero-order chi connectivity index (χ0) is 13.8. The summed E-state index contributed by atoms with van der Waals surface area (Å²) in [5.74, 6) is -0.0506. The first-order valence-corrected chi connectivity index (χ1v) is 8.32. The molecule has 0 aliphatic heterocycles. The van der Waals surface area contributed by atoms with Gasteiger partial charge in [0.15, 0.2) is 0 Å². The van der Waals surface area contributed by atoms with Crippen molar-refractivity contribution in [2.75, 3.05) is 6.54 Å². The van der Waals surface area contributed by atoms with E-state index in [-0.39, 0.29) is 5.91 Å². The van der Waals surface area contributed by atoms with E-state index in [9.17, 15) is 4.79 Å². The fourth-order valence-corrected chi connectivity index (χ4v) is 3.60. The van der Waals surface area contributed by atoms with E-state index in [1.54, 1.807) is 0 Å². The molecule has 0 aliphatic carbocycles. The summed E-state index contributed by atoms with van der Waals surface area (Å²) in [4.78, 5) is 12.6. The van der Waals surface area contributed by atoms with Crippen LogP contribution >= 0.6 is 54.8 Å². The summed E-state index contributed by atoms with van der Waals surface area (Å²) in [6.07, 6.45) is 0.788. The summed E-state index contributed by atoms with van der Waals surface area (Å²) in [5, 5.41) is 3.62. The molecule has 2 rings (SSSR count). The molecule has 1 heterocycles. The monoisotopic (exact) mass is 421 g/mol. The minimum atomic E-state index is -0.0506. The maximum Gasteiger partial charge on any atom is 0.261 e. The largest absolute Gasteiger partial charge is 0.351 e. The van der Waals surface area contributed by atoms with Gasteiger partial charge in [-0.3, -0.25) is 4.79 Å². The normalized spacial score (nSPS) is 10.5. The lowest BCUT2D eigenvalue weighted by atomic mass is 10.1. The highest BCUT2D eigenvalue weighted by Crippen LogP contribution is 2.32. The Labute approximate surface area is 137 Å². The van der Waals surface area contributed by atoms with Gasteiger partial charge in [0.25, 0.3) is 5.91 Å². The number of hydrogen-bond acceptors (Lipinski definition) is 2. The molecule has 0 fully saturated rings. The number of carbonyl (C=O) groups is 1. The Morgan fingerprint density at radius 1 is 1.26 bits per heavy atom. The van der Waals surface area contributed by atoms with Gasteiger partial charge in [0.2, 0.25) is 0 Å².